The van der Waals surface area contributed by atoms with Gasteiger partial charge in [0.25, 0.3) is 5.91 Å². The Morgan fingerprint density at radius 2 is 1.93 bits per heavy atom. The van der Waals surface area contributed by atoms with Gasteiger partial charge in [0.15, 0.2) is 5.76 Å². The Kier molecular flexibility index (Phi) is 8.07. The first-order chi connectivity index (χ1) is 14.1. The van der Waals surface area contributed by atoms with Gasteiger partial charge in [-0.3, -0.25) is 4.79 Å². The Morgan fingerprint density at radius 3 is 2.62 bits per heavy atom. The van der Waals surface area contributed by atoms with Crippen LogP contribution in [0.15, 0.2) is 36.1 Å². The van der Waals surface area contributed by atoms with Crippen LogP contribution in [-0.2, 0) is 14.3 Å². The molecule has 0 spiro atoms. The molecule has 0 radical (unpaired) electrons. The van der Waals surface area contributed by atoms with Gasteiger partial charge in [0, 0.05) is 32.0 Å². The Labute approximate surface area is 172 Å². The number of benzene rings is 1. The summed E-state index contributed by atoms with van der Waals surface area (Å²) >= 11 is 0. The maximum absolute atomic E-state index is 13.3. The Balaban J connectivity index is 1.74. The van der Waals surface area contributed by atoms with Crippen molar-refractivity contribution in [3.63, 3.8) is 0 Å². The van der Waals surface area contributed by atoms with E-state index in [-0.39, 0.29) is 30.3 Å². The number of ether oxygens (including phenoxy) is 2. The minimum Gasteiger partial charge on any atom is -0.459 e. The molecule has 1 aliphatic carbocycles. The number of hydrogen-bond acceptors (Lipinski definition) is 4. The van der Waals surface area contributed by atoms with Crippen molar-refractivity contribution in [2.45, 2.75) is 69.6 Å². The van der Waals surface area contributed by atoms with Gasteiger partial charge in [0.05, 0.1) is 6.61 Å². The Hall–Kier alpha value is -1.92. The summed E-state index contributed by atoms with van der Waals surface area (Å²) in [6, 6.07) is 6.61. The van der Waals surface area contributed by atoms with Gasteiger partial charge in [-0.2, -0.15) is 0 Å². The zero-order chi connectivity index (χ0) is 20.6. The summed E-state index contributed by atoms with van der Waals surface area (Å²) in [4.78, 5) is 14.9. The van der Waals surface area contributed by atoms with Gasteiger partial charge in [-0.05, 0) is 49.5 Å². The summed E-state index contributed by atoms with van der Waals surface area (Å²) in [5.74, 6) is -0.167. The van der Waals surface area contributed by atoms with E-state index in [9.17, 15) is 9.18 Å². The number of rotatable bonds is 8. The molecule has 1 N–H and O–H groups in total. The SMILES string of the molecule is CN(C(=O)C1=C[C@@H](c2ccc(F)cc2)C[C@@H](OCCCCO)O1)C1CCCCC1. The first-order valence-corrected chi connectivity index (χ1v) is 10.7. The van der Waals surface area contributed by atoms with Crippen LogP contribution in [0.4, 0.5) is 4.39 Å². The van der Waals surface area contributed by atoms with Gasteiger partial charge in [0.1, 0.15) is 5.82 Å². The molecule has 29 heavy (non-hydrogen) atoms. The van der Waals surface area contributed by atoms with E-state index in [1.54, 1.807) is 17.0 Å². The smallest absolute Gasteiger partial charge is 0.288 e. The lowest BCUT2D eigenvalue weighted by atomic mass is 9.92. The molecule has 1 aromatic rings. The Morgan fingerprint density at radius 1 is 1.21 bits per heavy atom. The van der Waals surface area contributed by atoms with Crippen molar-refractivity contribution in [2.24, 2.45) is 0 Å². The number of aliphatic hydroxyl groups is 1. The minimum atomic E-state index is -0.535. The van der Waals surface area contributed by atoms with Crippen LogP contribution in [0.5, 0.6) is 0 Å². The van der Waals surface area contributed by atoms with E-state index in [4.69, 9.17) is 14.6 Å². The summed E-state index contributed by atoms with van der Waals surface area (Å²) in [6.07, 6.45) is 8.86. The van der Waals surface area contributed by atoms with Gasteiger partial charge in [-0.1, -0.05) is 31.4 Å². The lowest BCUT2D eigenvalue weighted by molar-refractivity contribution is -0.153. The number of hydrogen-bond donors (Lipinski definition) is 1. The van der Waals surface area contributed by atoms with E-state index in [0.717, 1.165) is 37.7 Å². The summed E-state index contributed by atoms with van der Waals surface area (Å²) in [5, 5.41) is 8.94. The molecule has 0 bridgehead atoms. The number of carbonyl (C=O) groups is 1. The fourth-order valence-corrected chi connectivity index (χ4v) is 4.09. The zero-order valence-electron chi connectivity index (χ0n) is 17.2. The van der Waals surface area contributed by atoms with Crippen LogP contribution in [0.1, 0.15) is 62.8 Å². The molecule has 5 nitrogen and oxygen atoms in total. The van der Waals surface area contributed by atoms with Crippen molar-refractivity contribution in [1.29, 1.82) is 0 Å². The average Bonchev–Trinajstić information content (AvgIpc) is 2.76. The lowest BCUT2D eigenvalue weighted by Crippen LogP contribution is -2.41. The van der Waals surface area contributed by atoms with Gasteiger partial charge in [-0.15, -0.1) is 0 Å². The average molecular weight is 406 g/mol. The number of halogens is 1. The van der Waals surface area contributed by atoms with Gasteiger partial charge < -0.3 is 19.5 Å². The summed E-state index contributed by atoms with van der Waals surface area (Å²) in [6.45, 7) is 0.588. The molecule has 3 rings (SSSR count). The molecule has 1 fully saturated rings. The normalized spacial score (nSPS) is 22.7. The fourth-order valence-electron chi connectivity index (χ4n) is 4.09. The third-order valence-corrected chi connectivity index (χ3v) is 5.87. The van der Waals surface area contributed by atoms with Crippen molar-refractivity contribution >= 4 is 5.91 Å². The highest BCUT2D eigenvalue weighted by Crippen LogP contribution is 2.33. The second-order valence-electron chi connectivity index (χ2n) is 7.98. The molecule has 1 heterocycles. The zero-order valence-corrected chi connectivity index (χ0v) is 17.2. The lowest BCUT2D eigenvalue weighted by Gasteiger charge is -2.34. The molecular formula is C23H32FNO4. The second-order valence-corrected chi connectivity index (χ2v) is 7.98. The predicted octanol–water partition coefficient (Wildman–Crippen LogP) is 4.12. The van der Waals surface area contributed by atoms with Crippen LogP contribution in [0.2, 0.25) is 0 Å². The van der Waals surface area contributed by atoms with Crippen LogP contribution in [0.3, 0.4) is 0 Å². The number of likely N-dealkylation sites (N-methyl/N-ethyl adjacent to an activating group) is 1. The summed E-state index contributed by atoms with van der Waals surface area (Å²) < 4.78 is 25.1. The third-order valence-electron chi connectivity index (χ3n) is 5.87. The van der Waals surface area contributed by atoms with E-state index >= 15 is 0 Å². The molecule has 160 valence electrons. The van der Waals surface area contributed by atoms with E-state index in [2.05, 4.69) is 0 Å². The number of unbranched alkanes of at least 4 members (excludes halogenated alkanes) is 1. The third kappa shape index (κ3) is 6.03. The molecule has 0 aromatic heterocycles. The van der Waals surface area contributed by atoms with Crippen LogP contribution in [0.25, 0.3) is 0 Å². The van der Waals surface area contributed by atoms with Gasteiger partial charge in [0.2, 0.25) is 6.29 Å². The maximum Gasteiger partial charge on any atom is 0.288 e. The molecule has 6 heteroatoms. The van der Waals surface area contributed by atoms with Crippen molar-refractivity contribution in [3.8, 4) is 0 Å². The topological polar surface area (TPSA) is 59.0 Å². The number of allylic oxidation sites excluding steroid dienone is 1. The molecular weight excluding hydrogens is 373 g/mol. The molecule has 0 saturated heterocycles. The van der Waals surface area contributed by atoms with E-state index in [1.807, 2.05) is 13.1 Å². The van der Waals surface area contributed by atoms with Crippen LogP contribution < -0.4 is 0 Å². The van der Waals surface area contributed by atoms with Crippen LogP contribution in [-0.4, -0.2) is 48.5 Å². The molecule has 1 aromatic carbocycles. The Bertz CT molecular complexity index is 685. The summed E-state index contributed by atoms with van der Waals surface area (Å²) in [5.41, 5.74) is 0.935. The number of carbonyl (C=O) groups excluding carboxylic acids is 1. The van der Waals surface area contributed by atoms with Crippen molar-refractivity contribution in [2.75, 3.05) is 20.3 Å². The largest absolute Gasteiger partial charge is 0.459 e. The number of amides is 1. The highest BCUT2D eigenvalue weighted by Gasteiger charge is 2.32. The van der Waals surface area contributed by atoms with Gasteiger partial charge in [-0.25, -0.2) is 4.39 Å². The number of nitrogens with zero attached hydrogens (tertiary/aromatic N) is 1. The standard InChI is InChI=1S/C23H32FNO4/c1-25(20-7-3-2-4-8-20)23(27)21-15-18(17-9-11-19(24)12-10-17)16-22(29-21)28-14-6-5-13-26/h9-12,15,18,20,22,26H,2-8,13-14,16H2,1H3/t18-,22+/m1/s1. The molecule has 1 amide bonds. The van der Waals surface area contributed by atoms with Crippen molar-refractivity contribution in [1.82, 2.24) is 4.90 Å². The summed E-state index contributed by atoms with van der Waals surface area (Å²) in [7, 11) is 1.85. The minimum absolute atomic E-state index is 0.0779. The van der Waals surface area contributed by atoms with Gasteiger partial charge >= 0.3 is 0 Å². The van der Waals surface area contributed by atoms with E-state index < -0.39 is 6.29 Å². The first kappa shape index (κ1) is 21.8. The fraction of sp³-hybridized carbons (Fsp3) is 0.609. The first-order valence-electron chi connectivity index (χ1n) is 10.7. The van der Waals surface area contributed by atoms with Crippen LogP contribution in [0, 0.1) is 5.82 Å². The van der Waals surface area contributed by atoms with Crippen molar-refractivity contribution in [3.05, 3.63) is 47.5 Å². The highest BCUT2D eigenvalue weighted by atomic mass is 19.1. The molecule has 2 aliphatic rings. The highest BCUT2D eigenvalue weighted by molar-refractivity contribution is 5.91. The second kappa shape index (κ2) is 10.7. The molecule has 1 aliphatic heterocycles. The van der Waals surface area contributed by atoms with Crippen molar-refractivity contribution < 1.29 is 23.8 Å². The van der Waals surface area contributed by atoms with E-state index in [0.29, 0.717) is 25.2 Å². The molecule has 2 atom stereocenters. The maximum atomic E-state index is 13.3. The number of aliphatic hydroxyl groups excluding tert-OH is 1. The van der Waals surface area contributed by atoms with E-state index in [1.165, 1.54) is 18.6 Å². The predicted molar refractivity (Wildman–Crippen MR) is 109 cm³/mol. The van der Waals surface area contributed by atoms with Crippen LogP contribution >= 0.6 is 0 Å². The molecule has 1 saturated carbocycles. The quantitative estimate of drug-likeness (QED) is 0.661. The molecule has 0 unspecified atom stereocenters. The monoisotopic (exact) mass is 405 g/mol.